The fourth-order valence-corrected chi connectivity index (χ4v) is 3.08. The molecule has 2 aliphatic rings. The zero-order valence-electron chi connectivity index (χ0n) is 9.48. The number of nitrogens with zero attached hydrogens (tertiary/aromatic N) is 1. The van der Waals surface area contributed by atoms with Gasteiger partial charge in [0, 0.05) is 6.04 Å². The number of carbonyl (C=O) groups is 1. The van der Waals surface area contributed by atoms with Crippen LogP contribution < -0.4 is 0 Å². The van der Waals surface area contributed by atoms with Gasteiger partial charge in [0.05, 0.1) is 5.92 Å². The summed E-state index contributed by atoms with van der Waals surface area (Å²) in [6.45, 7) is 4.22. The van der Waals surface area contributed by atoms with Crippen molar-refractivity contribution < 1.29 is 9.90 Å². The van der Waals surface area contributed by atoms with Crippen LogP contribution in [0.15, 0.2) is 0 Å². The van der Waals surface area contributed by atoms with E-state index in [0.29, 0.717) is 12.0 Å². The van der Waals surface area contributed by atoms with Crippen LogP contribution in [-0.2, 0) is 4.79 Å². The number of hydrogen-bond donors (Lipinski definition) is 1. The molecule has 3 nitrogen and oxygen atoms in total. The van der Waals surface area contributed by atoms with Gasteiger partial charge in [-0.15, -0.1) is 0 Å². The number of piperidine rings is 2. The van der Waals surface area contributed by atoms with Crippen LogP contribution in [0.4, 0.5) is 0 Å². The van der Waals surface area contributed by atoms with E-state index >= 15 is 0 Å². The lowest BCUT2D eigenvalue weighted by Crippen LogP contribution is -2.47. The Kier molecular flexibility index (Phi) is 3.29. The summed E-state index contributed by atoms with van der Waals surface area (Å²) in [5.41, 5.74) is 0. The largest absolute Gasteiger partial charge is 0.481 e. The number of carboxylic acids is 1. The Morgan fingerprint density at radius 3 is 2.87 bits per heavy atom. The molecule has 3 heteroatoms. The average Bonchev–Trinajstić information content (AvgIpc) is 2.27. The van der Waals surface area contributed by atoms with Gasteiger partial charge in [0.25, 0.3) is 0 Å². The molecule has 86 valence electrons. The lowest BCUT2D eigenvalue weighted by Gasteiger charge is -2.43. The summed E-state index contributed by atoms with van der Waals surface area (Å²) < 4.78 is 0. The van der Waals surface area contributed by atoms with Crippen molar-refractivity contribution in [1.82, 2.24) is 4.90 Å². The smallest absolute Gasteiger partial charge is 0.306 e. The van der Waals surface area contributed by atoms with Gasteiger partial charge in [-0.3, -0.25) is 4.79 Å². The van der Waals surface area contributed by atoms with E-state index in [4.69, 9.17) is 5.11 Å². The van der Waals surface area contributed by atoms with Gasteiger partial charge in [-0.2, -0.15) is 0 Å². The number of rotatable bonds is 2. The Hall–Kier alpha value is -0.570. The molecule has 2 heterocycles. The Balaban J connectivity index is 1.93. The van der Waals surface area contributed by atoms with Crippen molar-refractivity contribution >= 4 is 5.97 Å². The Bertz CT molecular complexity index is 242. The molecule has 2 aliphatic heterocycles. The molecular weight excluding hydrogens is 190 g/mol. The van der Waals surface area contributed by atoms with Gasteiger partial charge in [-0.05, 0) is 44.7 Å². The predicted molar refractivity (Wildman–Crippen MR) is 58.7 cm³/mol. The van der Waals surface area contributed by atoms with E-state index in [1.165, 1.54) is 25.8 Å². The molecule has 0 bridgehead atoms. The van der Waals surface area contributed by atoms with Crippen molar-refractivity contribution in [3.63, 3.8) is 0 Å². The number of fused-ring (bicyclic) bond motifs is 1. The summed E-state index contributed by atoms with van der Waals surface area (Å²) >= 11 is 0. The van der Waals surface area contributed by atoms with Crippen LogP contribution in [0.25, 0.3) is 0 Å². The normalized spacial score (nSPS) is 34.5. The minimum atomic E-state index is -0.621. The molecular formula is C12H21NO2. The Labute approximate surface area is 91.5 Å². The van der Waals surface area contributed by atoms with Gasteiger partial charge in [0.15, 0.2) is 0 Å². The molecule has 0 aliphatic carbocycles. The first-order valence-corrected chi connectivity index (χ1v) is 6.15. The van der Waals surface area contributed by atoms with E-state index < -0.39 is 5.97 Å². The molecule has 0 spiro atoms. The minimum absolute atomic E-state index is 0.158. The highest BCUT2D eigenvalue weighted by Gasteiger charge is 2.34. The zero-order chi connectivity index (χ0) is 10.8. The number of aliphatic carboxylic acids is 1. The first-order valence-electron chi connectivity index (χ1n) is 6.15. The molecule has 0 amide bonds. The van der Waals surface area contributed by atoms with Crippen LogP contribution in [0.1, 0.15) is 39.0 Å². The molecule has 1 N–H and O–H groups in total. The molecule has 2 rings (SSSR count). The highest BCUT2D eigenvalue weighted by molar-refractivity contribution is 5.69. The molecule has 0 saturated carbocycles. The van der Waals surface area contributed by atoms with Crippen molar-refractivity contribution in [3.8, 4) is 0 Å². The second-order valence-corrected chi connectivity index (χ2v) is 5.10. The van der Waals surface area contributed by atoms with Crippen molar-refractivity contribution in [2.45, 2.75) is 45.1 Å². The standard InChI is InChI=1S/C12H21NO2/c1-9(12(14)15)10-5-7-13-6-3-2-4-11(13)8-10/h9-11H,2-8H2,1H3,(H,14,15). The quantitative estimate of drug-likeness (QED) is 0.759. The molecule has 0 aromatic carbocycles. The number of carboxylic acid groups (broad SMARTS) is 1. The topological polar surface area (TPSA) is 40.5 Å². The van der Waals surface area contributed by atoms with Gasteiger partial charge in [0.2, 0.25) is 0 Å². The SMILES string of the molecule is CC(C(=O)O)C1CCN2CCCCC2C1. The minimum Gasteiger partial charge on any atom is -0.481 e. The van der Waals surface area contributed by atoms with Crippen molar-refractivity contribution in [2.24, 2.45) is 11.8 Å². The average molecular weight is 211 g/mol. The van der Waals surface area contributed by atoms with Crippen molar-refractivity contribution in [2.75, 3.05) is 13.1 Å². The van der Waals surface area contributed by atoms with Crippen LogP contribution >= 0.6 is 0 Å². The van der Waals surface area contributed by atoms with Gasteiger partial charge < -0.3 is 10.0 Å². The summed E-state index contributed by atoms with van der Waals surface area (Å²) in [6, 6.07) is 0.680. The fourth-order valence-electron chi connectivity index (χ4n) is 3.08. The van der Waals surface area contributed by atoms with E-state index in [1.54, 1.807) is 0 Å². The lowest BCUT2D eigenvalue weighted by molar-refractivity contribution is -0.144. The van der Waals surface area contributed by atoms with Crippen molar-refractivity contribution in [3.05, 3.63) is 0 Å². The van der Waals surface area contributed by atoms with Gasteiger partial charge in [-0.25, -0.2) is 0 Å². The molecule has 3 unspecified atom stereocenters. The third-order valence-corrected chi connectivity index (χ3v) is 4.21. The maximum absolute atomic E-state index is 10.9. The molecule has 2 saturated heterocycles. The summed E-state index contributed by atoms with van der Waals surface area (Å²) in [7, 11) is 0. The van der Waals surface area contributed by atoms with E-state index in [1.807, 2.05) is 6.92 Å². The molecule has 0 radical (unpaired) electrons. The maximum atomic E-state index is 10.9. The first-order chi connectivity index (χ1) is 7.18. The molecule has 0 aromatic rings. The van der Waals surface area contributed by atoms with Crippen LogP contribution in [0.5, 0.6) is 0 Å². The van der Waals surface area contributed by atoms with Crippen LogP contribution in [-0.4, -0.2) is 35.1 Å². The Morgan fingerprint density at radius 1 is 1.33 bits per heavy atom. The van der Waals surface area contributed by atoms with Crippen molar-refractivity contribution in [1.29, 1.82) is 0 Å². The Morgan fingerprint density at radius 2 is 2.13 bits per heavy atom. The maximum Gasteiger partial charge on any atom is 0.306 e. The number of hydrogen-bond acceptors (Lipinski definition) is 2. The van der Waals surface area contributed by atoms with E-state index in [9.17, 15) is 4.79 Å². The highest BCUT2D eigenvalue weighted by Crippen LogP contribution is 2.33. The molecule has 15 heavy (non-hydrogen) atoms. The third kappa shape index (κ3) is 2.33. The first kappa shape index (κ1) is 10.9. The molecule has 0 aromatic heterocycles. The van der Waals surface area contributed by atoms with E-state index in [-0.39, 0.29) is 5.92 Å². The van der Waals surface area contributed by atoms with Gasteiger partial charge in [-0.1, -0.05) is 13.3 Å². The third-order valence-electron chi connectivity index (χ3n) is 4.21. The summed E-state index contributed by atoms with van der Waals surface area (Å²) in [6.07, 6.45) is 6.12. The monoisotopic (exact) mass is 211 g/mol. The second kappa shape index (κ2) is 4.52. The second-order valence-electron chi connectivity index (χ2n) is 5.10. The fraction of sp³-hybridized carbons (Fsp3) is 0.917. The van der Waals surface area contributed by atoms with E-state index in [2.05, 4.69) is 4.90 Å². The van der Waals surface area contributed by atoms with Gasteiger partial charge >= 0.3 is 5.97 Å². The lowest BCUT2D eigenvalue weighted by atomic mass is 9.79. The van der Waals surface area contributed by atoms with Gasteiger partial charge in [0.1, 0.15) is 0 Å². The molecule has 2 fully saturated rings. The van der Waals surface area contributed by atoms with Crippen LogP contribution in [0, 0.1) is 11.8 Å². The van der Waals surface area contributed by atoms with E-state index in [0.717, 1.165) is 19.4 Å². The predicted octanol–water partition coefficient (Wildman–Crippen LogP) is 1.97. The summed E-state index contributed by atoms with van der Waals surface area (Å²) in [5.74, 6) is -0.375. The van der Waals surface area contributed by atoms with Crippen LogP contribution in [0.2, 0.25) is 0 Å². The highest BCUT2D eigenvalue weighted by atomic mass is 16.4. The van der Waals surface area contributed by atoms with Crippen LogP contribution in [0.3, 0.4) is 0 Å². The zero-order valence-corrected chi connectivity index (χ0v) is 9.48. The summed E-state index contributed by atoms with van der Waals surface area (Å²) in [5, 5.41) is 9.02. The summed E-state index contributed by atoms with van der Waals surface area (Å²) in [4.78, 5) is 13.5. The molecule has 3 atom stereocenters.